The number of carbonyl (C=O) groups excluding carboxylic acids is 3. The molecule has 0 fully saturated rings. The van der Waals surface area contributed by atoms with Gasteiger partial charge in [0.05, 0.1) is 19.2 Å². The van der Waals surface area contributed by atoms with Crippen molar-refractivity contribution >= 4 is 34.8 Å². The molecule has 0 saturated heterocycles. The second-order valence-corrected chi connectivity index (χ2v) is 6.04. The van der Waals surface area contributed by atoms with Crippen molar-refractivity contribution in [1.29, 1.82) is 0 Å². The van der Waals surface area contributed by atoms with Crippen molar-refractivity contribution in [2.45, 2.75) is 20.3 Å². The van der Waals surface area contributed by atoms with Crippen LogP contribution in [0.4, 0.5) is 11.4 Å². The number of hydrazone groups is 1. The molecular formula is C20H22N4O4. The number of benzene rings is 2. The van der Waals surface area contributed by atoms with Gasteiger partial charge in [0.25, 0.3) is 0 Å². The SMILES string of the molecule is COc1ccccc1NC(=O)C(=O)N/N=C(/C)CC(=O)Nc1cccc(C)c1. The Kier molecular flexibility index (Phi) is 7.27. The predicted molar refractivity (Wildman–Crippen MR) is 107 cm³/mol. The Balaban J connectivity index is 1.86. The number of ether oxygens (including phenoxy) is 1. The van der Waals surface area contributed by atoms with Crippen molar-refractivity contribution in [3.05, 3.63) is 54.1 Å². The minimum Gasteiger partial charge on any atom is -0.495 e. The first-order valence-corrected chi connectivity index (χ1v) is 8.53. The van der Waals surface area contributed by atoms with E-state index in [-0.39, 0.29) is 12.3 Å². The van der Waals surface area contributed by atoms with Crippen molar-refractivity contribution in [3.63, 3.8) is 0 Å². The molecule has 8 heteroatoms. The third-order valence-corrected chi connectivity index (χ3v) is 3.63. The highest BCUT2D eigenvalue weighted by Crippen LogP contribution is 2.22. The smallest absolute Gasteiger partial charge is 0.329 e. The van der Waals surface area contributed by atoms with E-state index in [0.717, 1.165) is 5.56 Å². The number of hydrogen-bond donors (Lipinski definition) is 3. The predicted octanol–water partition coefficient (Wildman–Crippen LogP) is 2.46. The molecule has 0 aliphatic rings. The highest BCUT2D eigenvalue weighted by molar-refractivity contribution is 6.39. The number of methoxy groups -OCH3 is 1. The summed E-state index contributed by atoms with van der Waals surface area (Å²) in [5.74, 6) is -1.70. The summed E-state index contributed by atoms with van der Waals surface area (Å²) in [5, 5.41) is 8.98. The Labute approximate surface area is 163 Å². The summed E-state index contributed by atoms with van der Waals surface area (Å²) in [6.45, 7) is 3.50. The van der Waals surface area contributed by atoms with E-state index in [9.17, 15) is 14.4 Å². The molecule has 0 bridgehead atoms. The van der Waals surface area contributed by atoms with Gasteiger partial charge in [0, 0.05) is 11.4 Å². The van der Waals surface area contributed by atoms with Crippen molar-refractivity contribution < 1.29 is 19.1 Å². The van der Waals surface area contributed by atoms with Crippen LogP contribution in [0, 0.1) is 6.92 Å². The minimum absolute atomic E-state index is 0.0254. The molecule has 3 N–H and O–H groups in total. The maximum atomic E-state index is 12.0. The molecule has 0 heterocycles. The molecule has 0 aliphatic carbocycles. The third-order valence-electron chi connectivity index (χ3n) is 3.63. The van der Waals surface area contributed by atoms with E-state index < -0.39 is 11.8 Å². The fourth-order valence-corrected chi connectivity index (χ4v) is 2.32. The summed E-state index contributed by atoms with van der Waals surface area (Å²) >= 11 is 0. The molecule has 2 rings (SSSR count). The van der Waals surface area contributed by atoms with E-state index in [0.29, 0.717) is 22.8 Å². The fourth-order valence-electron chi connectivity index (χ4n) is 2.32. The van der Waals surface area contributed by atoms with Crippen LogP contribution < -0.4 is 20.8 Å². The Hall–Kier alpha value is -3.68. The fraction of sp³-hybridized carbons (Fsp3) is 0.200. The van der Waals surface area contributed by atoms with Crippen LogP contribution in [0.3, 0.4) is 0 Å². The van der Waals surface area contributed by atoms with Crippen LogP contribution in [0.2, 0.25) is 0 Å². The van der Waals surface area contributed by atoms with Gasteiger partial charge < -0.3 is 15.4 Å². The zero-order valence-electron chi connectivity index (χ0n) is 15.9. The van der Waals surface area contributed by atoms with Crippen LogP contribution in [-0.2, 0) is 14.4 Å². The molecule has 0 aromatic heterocycles. The third kappa shape index (κ3) is 6.24. The molecule has 2 aromatic rings. The molecular weight excluding hydrogens is 360 g/mol. The van der Waals surface area contributed by atoms with Crippen LogP contribution in [0.25, 0.3) is 0 Å². The Morgan fingerprint density at radius 2 is 1.75 bits per heavy atom. The molecule has 0 radical (unpaired) electrons. The maximum absolute atomic E-state index is 12.0. The van der Waals surface area contributed by atoms with Crippen LogP contribution >= 0.6 is 0 Å². The second-order valence-electron chi connectivity index (χ2n) is 6.04. The van der Waals surface area contributed by atoms with Gasteiger partial charge in [0.1, 0.15) is 5.75 Å². The van der Waals surface area contributed by atoms with Gasteiger partial charge >= 0.3 is 11.8 Å². The lowest BCUT2D eigenvalue weighted by Gasteiger charge is -2.09. The minimum atomic E-state index is -0.954. The molecule has 28 heavy (non-hydrogen) atoms. The molecule has 0 unspecified atom stereocenters. The Bertz CT molecular complexity index is 909. The van der Waals surface area contributed by atoms with Crippen molar-refractivity contribution in [2.75, 3.05) is 17.7 Å². The number of amides is 3. The highest BCUT2D eigenvalue weighted by Gasteiger charge is 2.15. The van der Waals surface area contributed by atoms with Crippen LogP contribution in [-0.4, -0.2) is 30.5 Å². The molecule has 0 aliphatic heterocycles. The summed E-state index contributed by atoms with van der Waals surface area (Å²) in [5.41, 5.74) is 4.55. The number of anilines is 2. The normalized spacial score (nSPS) is 10.8. The highest BCUT2D eigenvalue weighted by atomic mass is 16.5. The van der Waals surface area contributed by atoms with E-state index in [2.05, 4.69) is 21.2 Å². The summed E-state index contributed by atoms with van der Waals surface area (Å²) in [7, 11) is 1.46. The van der Waals surface area contributed by atoms with Crippen molar-refractivity contribution in [1.82, 2.24) is 5.43 Å². The van der Waals surface area contributed by atoms with E-state index in [1.165, 1.54) is 7.11 Å². The summed E-state index contributed by atoms with van der Waals surface area (Å²) in [6.07, 6.45) is -0.0254. The van der Waals surface area contributed by atoms with E-state index in [1.807, 2.05) is 25.1 Å². The number of para-hydroxylation sites is 2. The van der Waals surface area contributed by atoms with Gasteiger partial charge in [-0.15, -0.1) is 0 Å². The zero-order valence-corrected chi connectivity index (χ0v) is 15.9. The van der Waals surface area contributed by atoms with Gasteiger partial charge in [-0.1, -0.05) is 24.3 Å². The molecule has 0 atom stereocenters. The lowest BCUT2D eigenvalue weighted by molar-refractivity contribution is -0.136. The van der Waals surface area contributed by atoms with Crippen LogP contribution in [0.15, 0.2) is 53.6 Å². The van der Waals surface area contributed by atoms with Gasteiger partial charge in [0.2, 0.25) is 5.91 Å². The van der Waals surface area contributed by atoms with Gasteiger partial charge in [-0.25, -0.2) is 5.43 Å². The van der Waals surface area contributed by atoms with E-state index in [1.54, 1.807) is 37.3 Å². The average Bonchev–Trinajstić information content (AvgIpc) is 2.66. The van der Waals surface area contributed by atoms with E-state index >= 15 is 0 Å². The number of carbonyl (C=O) groups is 3. The number of rotatable bonds is 6. The monoisotopic (exact) mass is 382 g/mol. The lowest BCUT2D eigenvalue weighted by atomic mass is 10.2. The maximum Gasteiger partial charge on any atom is 0.329 e. The Morgan fingerprint density at radius 3 is 2.46 bits per heavy atom. The zero-order chi connectivity index (χ0) is 20.5. The number of hydrogen-bond acceptors (Lipinski definition) is 5. The first kappa shape index (κ1) is 20.6. The van der Waals surface area contributed by atoms with Crippen molar-refractivity contribution in [2.24, 2.45) is 5.10 Å². The van der Waals surface area contributed by atoms with E-state index in [4.69, 9.17) is 4.74 Å². The van der Waals surface area contributed by atoms with Crippen LogP contribution in [0.1, 0.15) is 18.9 Å². The molecule has 3 amide bonds. The topological polar surface area (TPSA) is 109 Å². The molecule has 2 aromatic carbocycles. The van der Waals surface area contributed by atoms with Gasteiger partial charge in [-0.3, -0.25) is 14.4 Å². The average molecular weight is 382 g/mol. The molecule has 0 spiro atoms. The number of aryl methyl sites for hydroxylation is 1. The summed E-state index contributed by atoms with van der Waals surface area (Å²) in [4.78, 5) is 35.9. The quantitative estimate of drug-likeness (QED) is 0.405. The molecule has 146 valence electrons. The summed E-state index contributed by atoms with van der Waals surface area (Å²) < 4.78 is 5.11. The second kappa shape index (κ2) is 9.86. The number of nitrogens with zero attached hydrogens (tertiary/aromatic N) is 1. The molecule has 0 saturated carbocycles. The number of nitrogens with one attached hydrogen (secondary N) is 3. The first-order valence-electron chi connectivity index (χ1n) is 8.53. The van der Waals surface area contributed by atoms with Crippen molar-refractivity contribution in [3.8, 4) is 5.75 Å². The van der Waals surface area contributed by atoms with Crippen LogP contribution in [0.5, 0.6) is 5.75 Å². The standard InChI is InChI=1S/C20H22N4O4/c1-13-7-6-8-15(11-13)21-18(25)12-14(2)23-24-20(27)19(26)22-16-9-4-5-10-17(16)28-3/h4-11H,12H2,1-3H3,(H,21,25)(H,22,26)(H,24,27)/b23-14-. The largest absolute Gasteiger partial charge is 0.495 e. The first-order chi connectivity index (χ1) is 13.4. The Morgan fingerprint density at radius 1 is 1.00 bits per heavy atom. The molecule has 8 nitrogen and oxygen atoms in total. The van der Waals surface area contributed by atoms with Gasteiger partial charge in [0.15, 0.2) is 0 Å². The summed E-state index contributed by atoms with van der Waals surface area (Å²) in [6, 6.07) is 14.1. The van der Waals surface area contributed by atoms with Gasteiger partial charge in [-0.2, -0.15) is 5.10 Å². The lowest BCUT2D eigenvalue weighted by Crippen LogP contribution is -2.33. The van der Waals surface area contributed by atoms with Gasteiger partial charge in [-0.05, 0) is 43.7 Å².